The maximum atomic E-state index is 12.8. The summed E-state index contributed by atoms with van der Waals surface area (Å²) < 4.78 is 30.9. The molecule has 0 atom stereocenters. The Morgan fingerprint density at radius 2 is 1.74 bits per heavy atom. The Hall–Kier alpha value is -3.30. The molecule has 0 spiro atoms. The van der Waals surface area contributed by atoms with Gasteiger partial charge in [0.1, 0.15) is 0 Å². The van der Waals surface area contributed by atoms with Gasteiger partial charge < -0.3 is 15.2 Å². The maximum absolute atomic E-state index is 12.8. The first-order valence-corrected chi connectivity index (χ1v) is 11.3. The molecule has 8 nitrogen and oxygen atoms in total. The van der Waals surface area contributed by atoms with Crippen LogP contribution in [0.25, 0.3) is 11.3 Å². The molecule has 0 amide bonds. The number of sulfone groups is 1. The number of nitrogens with zero attached hydrogens (tertiary/aromatic N) is 2. The molecule has 0 aliphatic carbocycles. The summed E-state index contributed by atoms with van der Waals surface area (Å²) in [4.78, 5) is 20.3. The van der Waals surface area contributed by atoms with Crippen LogP contribution in [0.5, 0.6) is 0 Å². The van der Waals surface area contributed by atoms with Crippen molar-refractivity contribution in [1.82, 2.24) is 9.97 Å². The Morgan fingerprint density at radius 3 is 2.45 bits per heavy atom. The van der Waals surface area contributed by atoms with Gasteiger partial charge in [-0.3, -0.25) is 0 Å². The first-order chi connectivity index (χ1) is 14.9. The number of aromatic nitrogens is 2. The smallest absolute Gasteiger partial charge is 0.337 e. The van der Waals surface area contributed by atoms with Gasteiger partial charge in [-0.05, 0) is 43.2 Å². The molecule has 9 heteroatoms. The second kappa shape index (κ2) is 8.83. The molecule has 1 saturated heterocycles. The van der Waals surface area contributed by atoms with Crippen LogP contribution in [0.4, 0.5) is 11.6 Å². The average molecular weight is 439 g/mol. The Kier molecular flexibility index (Phi) is 5.97. The number of hydrogen-bond donors (Lipinski definition) is 2. The summed E-state index contributed by atoms with van der Waals surface area (Å²) in [6.07, 6.45) is 2.56. The monoisotopic (exact) mass is 439 g/mol. The van der Waals surface area contributed by atoms with Crippen LogP contribution < -0.4 is 5.32 Å². The maximum Gasteiger partial charge on any atom is 0.337 e. The molecule has 2 aromatic carbocycles. The number of hydrogen-bond acceptors (Lipinski definition) is 7. The molecule has 4 rings (SSSR count). The number of nitrogens with one attached hydrogen (secondary N) is 1. The van der Waals surface area contributed by atoms with E-state index in [2.05, 4.69) is 15.3 Å². The van der Waals surface area contributed by atoms with Crippen LogP contribution in [-0.2, 0) is 14.6 Å². The standard InChI is InChI=1S/C22H21N3O5S/c26-21(27)18-3-1-2-4-20(18)25-22-23-12-9-19(24-22)15-5-7-16(8-6-15)31(28,29)17-10-13-30-14-11-17/h1-9,12,17H,10-11,13-14H2,(H,26,27)(H,23,24,25). The molecule has 0 saturated carbocycles. The van der Waals surface area contributed by atoms with Crippen molar-refractivity contribution in [2.75, 3.05) is 18.5 Å². The van der Waals surface area contributed by atoms with Gasteiger partial charge in [0, 0.05) is 25.0 Å². The van der Waals surface area contributed by atoms with E-state index in [4.69, 9.17) is 4.74 Å². The molecular formula is C22H21N3O5S. The van der Waals surface area contributed by atoms with E-state index in [1.165, 1.54) is 6.07 Å². The Balaban J connectivity index is 1.56. The van der Waals surface area contributed by atoms with Crippen molar-refractivity contribution in [3.63, 3.8) is 0 Å². The second-order valence-corrected chi connectivity index (χ2v) is 9.35. The Bertz CT molecular complexity index is 1190. The van der Waals surface area contributed by atoms with Gasteiger partial charge >= 0.3 is 5.97 Å². The summed E-state index contributed by atoms with van der Waals surface area (Å²) >= 11 is 0. The number of anilines is 2. The lowest BCUT2D eigenvalue weighted by atomic mass is 10.1. The van der Waals surface area contributed by atoms with Crippen molar-refractivity contribution in [2.24, 2.45) is 0 Å². The van der Waals surface area contributed by atoms with Gasteiger partial charge in [0.25, 0.3) is 0 Å². The van der Waals surface area contributed by atoms with Crippen molar-refractivity contribution in [2.45, 2.75) is 23.0 Å². The highest BCUT2D eigenvalue weighted by Gasteiger charge is 2.29. The fourth-order valence-electron chi connectivity index (χ4n) is 3.47. The van der Waals surface area contributed by atoms with Crippen molar-refractivity contribution in [3.8, 4) is 11.3 Å². The molecule has 0 radical (unpaired) electrons. The second-order valence-electron chi connectivity index (χ2n) is 7.12. The van der Waals surface area contributed by atoms with E-state index in [9.17, 15) is 18.3 Å². The molecular weight excluding hydrogens is 418 g/mol. The zero-order valence-electron chi connectivity index (χ0n) is 16.6. The fourth-order valence-corrected chi connectivity index (χ4v) is 5.19. The fraction of sp³-hybridized carbons (Fsp3) is 0.227. The lowest BCUT2D eigenvalue weighted by Crippen LogP contribution is -2.28. The lowest BCUT2D eigenvalue weighted by molar-refractivity contribution is 0.0698. The molecule has 0 bridgehead atoms. The van der Waals surface area contributed by atoms with Crippen LogP contribution in [0.2, 0.25) is 0 Å². The van der Waals surface area contributed by atoms with Crippen molar-refractivity contribution >= 4 is 27.4 Å². The molecule has 1 aromatic heterocycles. The highest BCUT2D eigenvalue weighted by molar-refractivity contribution is 7.92. The topological polar surface area (TPSA) is 118 Å². The third kappa shape index (κ3) is 4.57. The van der Waals surface area contributed by atoms with Gasteiger partial charge in [0.2, 0.25) is 5.95 Å². The van der Waals surface area contributed by atoms with Crippen molar-refractivity contribution < 1.29 is 23.1 Å². The van der Waals surface area contributed by atoms with Crippen LogP contribution in [0.3, 0.4) is 0 Å². The van der Waals surface area contributed by atoms with Crippen LogP contribution in [0.15, 0.2) is 65.7 Å². The highest BCUT2D eigenvalue weighted by Crippen LogP contribution is 2.27. The molecule has 1 aliphatic rings. The van der Waals surface area contributed by atoms with Gasteiger partial charge in [-0.15, -0.1) is 0 Å². The van der Waals surface area contributed by atoms with Gasteiger partial charge in [-0.2, -0.15) is 0 Å². The molecule has 0 unspecified atom stereocenters. The third-order valence-electron chi connectivity index (χ3n) is 5.15. The molecule has 31 heavy (non-hydrogen) atoms. The number of carboxylic acids is 1. The quantitative estimate of drug-likeness (QED) is 0.599. The minimum Gasteiger partial charge on any atom is -0.478 e. The minimum absolute atomic E-state index is 0.110. The Morgan fingerprint density at radius 1 is 1.03 bits per heavy atom. The molecule has 2 heterocycles. The first kappa shape index (κ1) is 21.0. The highest BCUT2D eigenvalue weighted by atomic mass is 32.2. The molecule has 160 valence electrons. The van der Waals surface area contributed by atoms with Gasteiger partial charge in [-0.25, -0.2) is 23.2 Å². The number of carbonyl (C=O) groups is 1. The van der Waals surface area contributed by atoms with E-state index in [1.54, 1.807) is 54.7 Å². The summed E-state index contributed by atoms with van der Waals surface area (Å²) in [7, 11) is -3.40. The number of aromatic carboxylic acids is 1. The third-order valence-corrected chi connectivity index (χ3v) is 7.42. The SMILES string of the molecule is O=C(O)c1ccccc1Nc1nccc(-c2ccc(S(=O)(=O)C3CCOCC3)cc2)n1. The van der Waals surface area contributed by atoms with Crippen molar-refractivity contribution in [1.29, 1.82) is 0 Å². The lowest BCUT2D eigenvalue weighted by Gasteiger charge is -2.22. The largest absolute Gasteiger partial charge is 0.478 e. The number of rotatable bonds is 6. The van der Waals surface area contributed by atoms with E-state index < -0.39 is 21.1 Å². The Labute approximate surface area is 179 Å². The summed E-state index contributed by atoms with van der Waals surface area (Å²) in [5.41, 5.74) is 1.80. The van der Waals surface area contributed by atoms with Crippen LogP contribution >= 0.6 is 0 Å². The summed E-state index contributed by atoms with van der Waals surface area (Å²) in [5.74, 6) is -0.814. The normalized spacial score (nSPS) is 14.8. The number of ether oxygens (including phenoxy) is 1. The summed E-state index contributed by atoms with van der Waals surface area (Å²) in [5, 5.41) is 11.8. The predicted molar refractivity (Wildman–Crippen MR) is 115 cm³/mol. The van der Waals surface area contributed by atoms with Gasteiger partial charge in [-0.1, -0.05) is 24.3 Å². The predicted octanol–water partition coefficient (Wildman–Crippen LogP) is 3.54. The first-order valence-electron chi connectivity index (χ1n) is 9.79. The summed E-state index contributed by atoms with van der Waals surface area (Å²) in [6, 6.07) is 14.8. The van der Waals surface area contributed by atoms with Crippen LogP contribution in [0, 0.1) is 0 Å². The van der Waals surface area contributed by atoms with Gasteiger partial charge in [0.15, 0.2) is 9.84 Å². The minimum atomic E-state index is -3.40. The zero-order valence-corrected chi connectivity index (χ0v) is 17.4. The van der Waals surface area contributed by atoms with Gasteiger partial charge in [0.05, 0.1) is 27.1 Å². The van der Waals surface area contributed by atoms with Crippen LogP contribution in [0.1, 0.15) is 23.2 Å². The number of para-hydroxylation sites is 1. The molecule has 2 N–H and O–H groups in total. The average Bonchev–Trinajstić information content (AvgIpc) is 2.80. The van der Waals surface area contributed by atoms with E-state index in [-0.39, 0.29) is 16.4 Å². The van der Waals surface area contributed by atoms with E-state index in [0.29, 0.717) is 37.4 Å². The van der Waals surface area contributed by atoms with E-state index in [0.717, 1.165) is 5.56 Å². The van der Waals surface area contributed by atoms with Crippen molar-refractivity contribution in [3.05, 3.63) is 66.4 Å². The number of benzene rings is 2. The number of carboxylic acid groups (broad SMARTS) is 1. The molecule has 1 aliphatic heterocycles. The zero-order chi connectivity index (χ0) is 21.8. The molecule has 3 aromatic rings. The van der Waals surface area contributed by atoms with E-state index in [1.807, 2.05) is 0 Å². The molecule has 1 fully saturated rings. The van der Waals surface area contributed by atoms with Crippen LogP contribution in [-0.4, -0.2) is 47.9 Å². The summed E-state index contributed by atoms with van der Waals surface area (Å²) in [6.45, 7) is 0.924. The van der Waals surface area contributed by atoms with E-state index >= 15 is 0 Å².